The first-order valence-electron chi connectivity index (χ1n) is 3.08. The van der Waals surface area contributed by atoms with Crippen molar-refractivity contribution >= 4 is 0 Å². The topological polar surface area (TPSA) is 0 Å². The van der Waals surface area contributed by atoms with Crippen molar-refractivity contribution in [3.05, 3.63) is 48.6 Å². The van der Waals surface area contributed by atoms with Crippen LogP contribution in [-0.2, 0) is 6.42 Å². The highest BCUT2D eigenvalue weighted by Gasteiger charge is 1.82. The number of rotatable bonds is 2. The maximum atomic E-state index is 3.66. The molecule has 13 heavy (non-hydrogen) atoms. The van der Waals surface area contributed by atoms with E-state index in [0.717, 1.165) is 6.42 Å². The van der Waals surface area contributed by atoms with Gasteiger partial charge in [0.2, 0.25) is 0 Å². The van der Waals surface area contributed by atoms with E-state index in [1.807, 2.05) is 24.3 Å². The van der Waals surface area contributed by atoms with E-state index in [1.54, 1.807) is 0 Å². The van der Waals surface area contributed by atoms with Gasteiger partial charge in [-0.25, -0.2) is 0 Å². The normalized spacial score (nSPS) is 6.15. The summed E-state index contributed by atoms with van der Waals surface area (Å²) in [5.74, 6) is 0. The van der Waals surface area contributed by atoms with Crippen molar-refractivity contribution in [1.29, 1.82) is 0 Å². The van der Waals surface area contributed by atoms with Crippen LogP contribution in [0.2, 0.25) is 0 Å². The van der Waals surface area contributed by atoms with E-state index in [-0.39, 0.29) is 18.8 Å². The molecule has 0 aromatic heterocycles. The van der Waals surface area contributed by atoms with Crippen molar-refractivity contribution in [1.82, 2.24) is 0 Å². The van der Waals surface area contributed by atoms with Crippen molar-refractivity contribution in [3.8, 4) is 0 Å². The first-order chi connectivity index (χ1) is 4.43. The fourth-order valence-electron chi connectivity index (χ4n) is 0.781. The molecular weight excluding hydrogens is 184 g/mol. The molecule has 0 aliphatic heterocycles. The maximum Gasteiger partial charge on any atom is -0.0100 e. The number of allylic oxidation sites excluding steroid dienone is 1. The van der Waals surface area contributed by atoms with Crippen molar-refractivity contribution < 1.29 is 18.8 Å². The van der Waals surface area contributed by atoms with Gasteiger partial charge in [-0.05, 0) is 12.0 Å². The Hall–Kier alpha value is -1.32. The van der Waals surface area contributed by atoms with Crippen molar-refractivity contribution in [2.45, 2.75) is 6.42 Å². The van der Waals surface area contributed by atoms with Crippen molar-refractivity contribution in [3.63, 3.8) is 0 Å². The molecule has 0 nitrogen and oxygen atoms in total. The lowest BCUT2D eigenvalue weighted by molar-refractivity contribution is 1.11. The zero-order valence-electron chi connectivity index (χ0n) is 7.01. The van der Waals surface area contributed by atoms with Gasteiger partial charge < -0.3 is 0 Å². The summed E-state index contributed by atoms with van der Waals surface area (Å²) in [6.07, 6.45) is 2.89. The van der Waals surface area contributed by atoms with Crippen LogP contribution >= 0.6 is 0 Å². The highest BCUT2D eigenvalue weighted by Crippen LogP contribution is 1.98. The molecule has 0 spiro atoms. The molecule has 0 aliphatic rings. The molecule has 0 unspecified atom stereocenters. The molecule has 0 bridgehead atoms. The predicted molar refractivity (Wildman–Crippen MR) is 50.4 cm³/mol. The number of benzene rings is 1. The molecule has 0 saturated carbocycles. The van der Waals surface area contributed by atoms with Gasteiger partial charge >= 0.3 is 0 Å². The number of hydrogen-bond donors (Lipinski definition) is 0. The van der Waals surface area contributed by atoms with Crippen LogP contribution in [0.25, 0.3) is 0 Å². The minimum absolute atomic E-state index is 0. The minimum Gasteiger partial charge on any atom is -0.269 e. The van der Waals surface area contributed by atoms with E-state index >= 15 is 0 Å². The zero-order valence-corrected chi connectivity index (χ0v) is 7.01. The summed E-state index contributed by atoms with van der Waals surface area (Å²) in [6.45, 7) is 3.66. The van der Waals surface area contributed by atoms with Gasteiger partial charge in [-0.2, -0.15) is 0 Å². The fraction of sp³-hybridized carbons (Fsp3) is 0.111. The van der Waals surface area contributed by atoms with Crippen LogP contribution in [0.4, 0.5) is 18.8 Å². The fourth-order valence-corrected chi connectivity index (χ4v) is 0.781. The molecule has 0 amide bonds. The van der Waals surface area contributed by atoms with E-state index in [2.05, 4.69) is 18.7 Å². The largest absolute Gasteiger partial charge is 0.269 e. The summed E-state index contributed by atoms with van der Waals surface area (Å²) in [7, 11) is 0. The third kappa shape index (κ3) is 8.59. The Balaban J connectivity index is -0.000000101. The van der Waals surface area contributed by atoms with Crippen LogP contribution in [0.5, 0.6) is 0 Å². The Labute approximate surface area is 74.8 Å². The summed E-state index contributed by atoms with van der Waals surface area (Å²) < 4.78 is 0. The lowest BCUT2D eigenvalue weighted by Crippen LogP contribution is -1.75. The molecule has 1 aromatic rings. The molecule has 0 fully saturated rings. The average molecular weight is 198 g/mol. The van der Waals surface area contributed by atoms with E-state index in [1.165, 1.54) is 5.56 Å². The van der Waals surface area contributed by atoms with Crippen LogP contribution in [0, 0.1) is 0 Å². The summed E-state index contributed by atoms with van der Waals surface area (Å²) >= 11 is 0. The lowest BCUT2D eigenvalue weighted by Gasteiger charge is -1.91. The van der Waals surface area contributed by atoms with Crippen LogP contribution in [-0.4, -0.2) is 0 Å². The Bertz CT molecular complexity index is 186. The summed E-state index contributed by atoms with van der Waals surface area (Å²) in [6, 6.07) is 10.3. The monoisotopic (exact) mass is 198 g/mol. The molecule has 0 radical (unpaired) electrons. The smallest absolute Gasteiger partial charge is 0.0100 e. The maximum absolute atomic E-state index is 3.66. The van der Waals surface area contributed by atoms with Crippen LogP contribution in [0.15, 0.2) is 43.0 Å². The summed E-state index contributed by atoms with van der Waals surface area (Å²) in [5, 5.41) is 0. The molecule has 78 valence electrons. The van der Waals surface area contributed by atoms with Gasteiger partial charge in [-0.15, -0.1) is 6.58 Å². The summed E-state index contributed by atoms with van der Waals surface area (Å²) in [4.78, 5) is 0. The Kier molecular flexibility index (Phi) is 23.1. The highest BCUT2D eigenvalue weighted by molar-refractivity contribution is 5.16. The van der Waals surface area contributed by atoms with E-state index in [9.17, 15) is 0 Å². The van der Waals surface area contributed by atoms with E-state index in [4.69, 9.17) is 0 Å². The molecule has 4 heteroatoms. The van der Waals surface area contributed by atoms with Crippen LogP contribution in [0.3, 0.4) is 0 Å². The third-order valence-corrected chi connectivity index (χ3v) is 1.22. The Morgan fingerprint density at radius 1 is 0.923 bits per heavy atom. The molecule has 0 N–H and O–H groups in total. The molecule has 1 aromatic carbocycles. The minimum atomic E-state index is 0. The lowest BCUT2D eigenvalue weighted by atomic mass is 10.2. The van der Waals surface area contributed by atoms with Gasteiger partial charge in [0.05, 0.1) is 0 Å². The molecule has 0 saturated heterocycles. The molecule has 0 aliphatic carbocycles. The molecular formula is C9H14F4. The molecule has 1 rings (SSSR count). The first-order valence-corrected chi connectivity index (χ1v) is 3.08. The Morgan fingerprint density at radius 2 is 1.38 bits per heavy atom. The average Bonchev–Trinajstić information content (AvgIpc) is 1.91. The van der Waals surface area contributed by atoms with Crippen molar-refractivity contribution in [2.75, 3.05) is 0 Å². The highest BCUT2D eigenvalue weighted by atomic mass is 19.0. The van der Waals surface area contributed by atoms with E-state index in [0.29, 0.717) is 0 Å². The SMILES string of the molecule is C=CCc1ccccc1.F.F.F.F. The second kappa shape index (κ2) is 13.3. The number of hydrogen-bond acceptors (Lipinski definition) is 0. The van der Waals surface area contributed by atoms with Crippen LogP contribution in [0.1, 0.15) is 5.56 Å². The van der Waals surface area contributed by atoms with Crippen LogP contribution < -0.4 is 0 Å². The van der Waals surface area contributed by atoms with Gasteiger partial charge in [0.1, 0.15) is 0 Å². The Morgan fingerprint density at radius 3 is 1.77 bits per heavy atom. The van der Waals surface area contributed by atoms with Crippen molar-refractivity contribution in [2.24, 2.45) is 0 Å². The molecule has 0 heterocycles. The quantitative estimate of drug-likeness (QED) is 0.506. The first kappa shape index (κ1) is 22.6. The predicted octanol–water partition coefficient (Wildman–Crippen LogP) is 3.03. The van der Waals surface area contributed by atoms with Gasteiger partial charge in [0.15, 0.2) is 0 Å². The van der Waals surface area contributed by atoms with Gasteiger partial charge in [0, 0.05) is 0 Å². The molecule has 0 atom stereocenters. The van der Waals surface area contributed by atoms with Gasteiger partial charge in [-0.3, -0.25) is 18.8 Å². The van der Waals surface area contributed by atoms with Gasteiger partial charge in [0.25, 0.3) is 0 Å². The number of halogens is 4. The second-order valence-corrected chi connectivity index (χ2v) is 1.98. The zero-order chi connectivity index (χ0) is 6.53. The summed E-state index contributed by atoms with van der Waals surface area (Å²) in [5.41, 5.74) is 1.33. The standard InChI is InChI=1S/C9H10.4FH/c1-2-6-9-7-4-3-5-8-9;;;;/h2-5,7-8H,1,6H2;4*1H. The van der Waals surface area contributed by atoms with E-state index < -0.39 is 0 Å². The second-order valence-electron chi connectivity index (χ2n) is 1.98. The van der Waals surface area contributed by atoms with Gasteiger partial charge in [-0.1, -0.05) is 36.4 Å². The third-order valence-electron chi connectivity index (χ3n) is 1.22.